The molecule has 0 aliphatic carbocycles. The van der Waals surface area contributed by atoms with Crippen molar-refractivity contribution in [2.24, 2.45) is 7.05 Å². The molecule has 0 unspecified atom stereocenters. The van der Waals surface area contributed by atoms with E-state index in [1.54, 1.807) is 0 Å². The molecule has 0 atom stereocenters. The van der Waals surface area contributed by atoms with E-state index in [0.717, 1.165) is 0 Å². The van der Waals surface area contributed by atoms with Gasteiger partial charge in [0.2, 0.25) is 0 Å². The van der Waals surface area contributed by atoms with Gasteiger partial charge < -0.3 is 4.57 Å². The minimum Gasteiger partial charge on any atom is -0.307 e. The molecule has 1 heterocycles. The second kappa shape index (κ2) is 5.34. The summed E-state index contributed by atoms with van der Waals surface area (Å²) in [6.07, 6.45) is 0. The van der Waals surface area contributed by atoms with Crippen molar-refractivity contribution >= 4 is 11.6 Å². The van der Waals surface area contributed by atoms with Gasteiger partial charge in [0.05, 0.1) is 5.69 Å². The van der Waals surface area contributed by atoms with Gasteiger partial charge in [0.1, 0.15) is 11.5 Å². The van der Waals surface area contributed by atoms with Crippen molar-refractivity contribution in [3.05, 3.63) is 64.3 Å². The Balaban J connectivity index is 2.07. The molecule has 19 heavy (non-hydrogen) atoms. The number of hydrogen-bond donors (Lipinski definition) is 2. The lowest BCUT2D eigenvalue weighted by atomic mass is 10.3. The van der Waals surface area contributed by atoms with Crippen LogP contribution in [0.1, 0.15) is 10.5 Å². The quantitative estimate of drug-likeness (QED) is 0.818. The number of carbonyl (C=O) groups excluding carboxylic acids is 1. The number of halogens is 1. The highest BCUT2D eigenvalue weighted by Crippen LogP contribution is 2.06. The number of pyridine rings is 1. The van der Waals surface area contributed by atoms with E-state index in [2.05, 4.69) is 10.9 Å². The molecule has 2 rings (SSSR count). The summed E-state index contributed by atoms with van der Waals surface area (Å²) in [5.41, 5.74) is 5.56. The number of anilines is 1. The maximum Gasteiger partial charge on any atom is 0.286 e. The van der Waals surface area contributed by atoms with E-state index < -0.39 is 5.91 Å². The third-order valence-electron chi connectivity index (χ3n) is 2.58. The molecule has 0 radical (unpaired) electrons. The lowest BCUT2D eigenvalue weighted by Crippen LogP contribution is -2.33. The zero-order valence-electron chi connectivity index (χ0n) is 10.2. The first-order valence-corrected chi connectivity index (χ1v) is 5.56. The Bertz CT molecular complexity index is 650. The van der Waals surface area contributed by atoms with Gasteiger partial charge in [-0.1, -0.05) is 6.07 Å². The van der Waals surface area contributed by atoms with Crippen molar-refractivity contribution in [3.63, 3.8) is 0 Å². The number of amides is 1. The minimum atomic E-state index is -0.454. The highest BCUT2D eigenvalue weighted by molar-refractivity contribution is 5.93. The van der Waals surface area contributed by atoms with Gasteiger partial charge in [0, 0.05) is 13.1 Å². The van der Waals surface area contributed by atoms with Gasteiger partial charge in [-0.15, -0.1) is 0 Å². The van der Waals surface area contributed by atoms with Crippen LogP contribution in [0.25, 0.3) is 0 Å². The molecule has 0 aliphatic rings. The summed E-state index contributed by atoms with van der Waals surface area (Å²) in [6.45, 7) is 0. The average molecular weight is 261 g/mol. The molecular weight excluding hydrogens is 249 g/mol. The summed E-state index contributed by atoms with van der Waals surface area (Å²) in [5.74, 6) is -0.813. The number of hydrogen-bond acceptors (Lipinski definition) is 3. The lowest BCUT2D eigenvalue weighted by Gasteiger charge is -2.10. The number of rotatable bonds is 3. The van der Waals surface area contributed by atoms with E-state index in [4.69, 9.17) is 0 Å². The Kier molecular flexibility index (Phi) is 3.61. The van der Waals surface area contributed by atoms with Crippen LogP contribution >= 0.6 is 0 Å². The Hall–Kier alpha value is -2.63. The van der Waals surface area contributed by atoms with Gasteiger partial charge in [-0.2, -0.15) is 0 Å². The smallest absolute Gasteiger partial charge is 0.286 e. The van der Waals surface area contributed by atoms with E-state index in [0.29, 0.717) is 5.69 Å². The minimum absolute atomic E-state index is 0.224. The first kappa shape index (κ1) is 12.8. The molecule has 1 aromatic heterocycles. The normalized spacial score (nSPS) is 10.0. The van der Waals surface area contributed by atoms with Crippen molar-refractivity contribution in [2.75, 3.05) is 5.43 Å². The maximum absolute atomic E-state index is 12.7. The molecule has 0 bridgehead atoms. The van der Waals surface area contributed by atoms with Crippen LogP contribution < -0.4 is 16.4 Å². The SMILES string of the molecule is Cn1c(C(=O)NNc2ccc(F)cc2)cccc1=O. The number of hydrazine groups is 1. The maximum atomic E-state index is 12.7. The predicted molar refractivity (Wildman–Crippen MR) is 69.2 cm³/mol. The summed E-state index contributed by atoms with van der Waals surface area (Å²) in [4.78, 5) is 23.2. The molecular formula is C13H12FN3O2. The fraction of sp³-hybridized carbons (Fsp3) is 0.0769. The number of benzene rings is 1. The number of carbonyl (C=O) groups is 1. The summed E-state index contributed by atoms with van der Waals surface area (Å²) in [6, 6.07) is 9.92. The van der Waals surface area contributed by atoms with E-state index in [-0.39, 0.29) is 17.1 Å². The first-order chi connectivity index (χ1) is 9.08. The van der Waals surface area contributed by atoms with Crippen molar-refractivity contribution in [2.45, 2.75) is 0 Å². The fourth-order valence-corrected chi connectivity index (χ4v) is 1.52. The Morgan fingerprint density at radius 1 is 1.16 bits per heavy atom. The standard InChI is InChI=1S/C13H12FN3O2/c1-17-11(3-2-4-12(17)18)13(19)16-15-10-7-5-9(14)6-8-10/h2-8,15H,1H3,(H,16,19). The molecule has 98 valence electrons. The van der Waals surface area contributed by atoms with Crippen molar-refractivity contribution in [3.8, 4) is 0 Å². The van der Waals surface area contributed by atoms with Gasteiger partial charge in [-0.05, 0) is 30.3 Å². The van der Waals surface area contributed by atoms with E-state index in [9.17, 15) is 14.0 Å². The highest BCUT2D eigenvalue weighted by atomic mass is 19.1. The monoisotopic (exact) mass is 261 g/mol. The summed E-state index contributed by atoms with van der Waals surface area (Å²) >= 11 is 0. The van der Waals surface area contributed by atoms with Crippen molar-refractivity contribution in [1.29, 1.82) is 0 Å². The van der Waals surface area contributed by atoms with Gasteiger partial charge in [0.25, 0.3) is 11.5 Å². The molecule has 2 aromatic rings. The molecule has 2 N–H and O–H groups in total. The number of nitrogens with one attached hydrogen (secondary N) is 2. The average Bonchev–Trinajstić information content (AvgIpc) is 2.41. The van der Waals surface area contributed by atoms with Gasteiger partial charge in [-0.3, -0.25) is 20.4 Å². The lowest BCUT2D eigenvalue weighted by molar-refractivity contribution is 0.0953. The predicted octanol–water partition coefficient (Wildman–Crippen LogP) is 1.28. The molecule has 1 amide bonds. The first-order valence-electron chi connectivity index (χ1n) is 5.56. The fourth-order valence-electron chi connectivity index (χ4n) is 1.52. The van der Waals surface area contributed by atoms with Crippen LogP contribution in [0, 0.1) is 5.82 Å². The van der Waals surface area contributed by atoms with Gasteiger partial charge in [-0.25, -0.2) is 4.39 Å². The highest BCUT2D eigenvalue weighted by Gasteiger charge is 2.08. The van der Waals surface area contributed by atoms with E-state index >= 15 is 0 Å². The zero-order chi connectivity index (χ0) is 13.8. The Morgan fingerprint density at radius 2 is 1.84 bits per heavy atom. The Morgan fingerprint density at radius 3 is 2.53 bits per heavy atom. The van der Waals surface area contributed by atoms with Crippen molar-refractivity contribution < 1.29 is 9.18 Å². The molecule has 6 heteroatoms. The molecule has 0 spiro atoms. The second-order valence-electron chi connectivity index (χ2n) is 3.89. The van der Waals surface area contributed by atoms with E-state index in [1.807, 2.05) is 0 Å². The van der Waals surface area contributed by atoms with Crippen LogP contribution in [0.3, 0.4) is 0 Å². The molecule has 0 fully saturated rings. The molecule has 1 aromatic carbocycles. The third kappa shape index (κ3) is 2.98. The Labute approximate surface area is 108 Å². The third-order valence-corrected chi connectivity index (χ3v) is 2.58. The second-order valence-corrected chi connectivity index (χ2v) is 3.89. The van der Waals surface area contributed by atoms with E-state index in [1.165, 1.54) is 54.1 Å². The summed E-state index contributed by atoms with van der Waals surface area (Å²) in [5, 5.41) is 0. The number of aromatic nitrogens is 1. The van der Waals surface area contributed by atoms with Crippen LogP contribution in [0.15, 0.2) is 47.3 Å². The molecule has 5 nitrogen and oxygen atoms in total. The molecule has 0 aliphatic heterocycles. The van der Waals surface area contributed by atoms with Crippen LogP contribution in [0.5, 0.6) is 0 Å². The van der Waals surface area contributed by atoms with Crippen LogP contribution in [0.2, 0.25) is 0 Å². The van der Waals surface area contributed by atoms with Crippen LogP contribution in [-0.4, -0.2) is 10.5 Å². The zero-order valence-corrected chi connectivity index (χ0v) is 10.2. The van der Waals surface area contributed by atoms with Crippen LogP contribution in [-0.2, 0) is 7.05 Å². The topological polar surface area (TPSA) is 63.1 Å². The van der Waals surface area contributed by atoms with Gasteiger partial charge in [0.15, 0.2) is 0 Å². The summed E-state index contributed by atoms with van der Waals surface area (Å²) in [7, 11) is 1.51. The number of nitrogens with zero attached hydrogens (tertiary/aromatic N) is 1. The van der Waals surface area contributed by atoms with Crippen molar-refractivity contribution in [1.82, 2.24) is 9.99 Å². The molecule has 0 saturated heterocycles. The summed E-state index contributed by atoms with van der Waals surface area (Å²) < 4.78 is 13.9. The van der Waals surface area contributed by atoms with Crippen LogP contribution in [0.4, 0.5) is 10.1 Å². The largest absolute Gasteiger partial charge is 0.307 e. The van der Waals surface area contributed by atoms with Gasteiger partial charge >= 0.3 is 0 Å². The molecule has 0 saturated carbocycles.